The third-order valence-corrected chi connectivity index (χ3v) is 3.16. The number of rotatable bonds is 7. The van der Waals surface area contributed by atoms with E-state index in [-0.39, 0.29) is 18.1 Å². The van der Waals surface area contributed by atoms with Crippen molar-refractivity contribution < 1.29 is 14.3 Å². The molecule has 1 aromatic carbocycles. The molecule has 0 saturated carbocycles. The Morgan fingerprint density at radius 1 is 1.30 bits per heavy atom. The molecule has 0 saturated heterocycles. The molecule has 0 fully saturated rings. The first-order chi connectivity index (χ1) is 11.0. The highest BCUT2D eigenvalue weighted by atomic mass is 16.5. The van der Waals surface area contributed by atoms with Crippen LogP contribution in [0.3, 0.4) is 0 Å². The zero-order valence-corrected chi connectivity index (χ0v) is 13.8. The van der Waals surface area contributed by atoms with Crippen molar-refractivity contribution in [1.29, 1.82) is 5.26 Å². The number of nitrogens with one attached hydrogen (secondary N) is 1. The summed E-state index contributed by atoms with van der Waals surface area (Å²) in [4.78, 5) is 23.2. The molecule has 0 spiro atoms. The van der Waals surface area contributed by atoms with Gasteiger partial charge in [0.25, 0.3) is 5.91 Å². The fourth-order valence-corrected chi connectivity index (χ4v) is 1.80. The van der Waals surface area contributed by atoms with E-state index in [1.165, 1.54) is 11.6 Å². The lowest BCUT2D eigenvalue weighted by atomic mass is 10.0. The molecule has 0 aliphatic heterocycles. The predicted molar refractivity (Wildman–Crippen MR) is 88.4 cm³/mol. The average molecular weight is 314 g/mol. The second-order valence-corrected chi connectivity index (χ2v) is 5.42. The van der Waals surface area contributed by atoms with E-state index in [0.29, 0.717) is 12.5 Å². The molecule has 1 aromatic rings. The summed E-state index contributed by atoms with van der Waals surface area (Å²) < 4.78 is 4.85. The normalized spacial score (nSPS) is 11.0. The third-order valence-electron chi connectivity index (χ3n) is 3.16. The number of nitrogens with zero attached hydrogens (tertiary/aromatic N) is 1. The number of ether oxygens (including phenoxy) is 1. The summed E-state index contributed by atoms with van der Waals surface area (Å²) in [5.74, 6) is -0.763. The molecule has 0 bridgehead atoms. The van der Waals surface area contributed by atoms with Crippen molar-refractivity contribution in [3.05, 3.63) is 41.0 Å². The van der Waals surface area contributed by atoms with Crippen molar-refractivity contribution in [3.63, 3.8) is 0 Å². The molecule has 0 atom stereocenters. The maximum atomic E-state index is 11.8. The summed E-state index contributed by atoms with van der Waals surface area (Å²) in [6, 6.07) is 9.40. The number of benzene rings is 1. The van der Waals surface area contributed by atoms with Crippen molar-refractivity contribution in [2.45, 2.75) is 33.1 Å². The molecule has 0 unspecified atom stereocenters. The van der Waals surface area contributed by atoms with Gasteiger partial charge in [-0.2, -0.15) is 5.26 Å². The minimum absolute atomic E-state index is 0.134. The van der Waals surface area contributed by atoms with Crippen LogP contribution in [0.4, 0.5) is 0 Å². The van der Waals surface area contributed by atoms with E-state index in [1.54, 1.807) is 0 Å². The van der Waals surface area contributed by atoms with Gasteiger partial charge in [0, 0.05) is 6.54 Å². The van der Waals surface area contributed by atoms with E-state index in [0.717, 1.165) is 12.0 Å². The fourth-order valence-electron chi connectivity index (χ4n) is 1.80. The quantitative estimate of drug-likeness (QED) is 0.477. The van der Waals surface area contributed by atoms with Crippen molar-refractivity contribution >= 4 is 18.0 Å². The smallest absolute Gasteiger partial charge is 0.349 e. The lowest BCUT2D eigenvalue weighted by Gasteiger charge is -2.06. The maximum Gasteiger partial charge on any atom is 0.349 e. The van der Waals surface area contributed by atoms with Gasteiger partial charge in [0.1, 0.15) is 11.6 Å². The number of carbonyl (C=O) groups is 2. The Balaban J connectivity index is 2.69. The lowest BCUT2D eigenvalue weighted by molar-refractivity contribution is -0.144. The van der Waals surface area contributed by atoms with E-state index >= 15 is 0 Å². The van der Waals surface area contributed by atoms with E-state index in [1.807, 2.05) is 37.3 Å². The molecule has 1 N–H and O–H groups in total. The van der Waals surface area contributed by atoms with Gasteiger partial charge >= 0.3 is 5.97 Å². The molecule has 1 rings (SSSR count). The summed E-state index contributed by atoms with van der Waals surface area (Å²) in [6.45, 7) is 6.25. The summed E-state index contributed by atoms with van der Waals surface area (Å²) in [6.07, 6.45) is 2.26. The highest BCUT2D eigenvalue weighted by Crippen LogP contribution is 2.16. The molecular formula is C18H22N2O3. The minimum atomic E-state index is -0.799. The summed E-state index contributed by atoms with van der Waals surface area (Å²) in [5, 5.41) is 11.7. The van der Waals surface area contributed by atoms with Gasteiger partial charge in [-0.1, -0.05) is 45.0 Å². The Kier molecular flexibility index (Phi) is 7.55. The van der Waals surface area contributed by atoms with Crippen LogP contribution in [0.1, 0.15) is 44.2 Å². The summed E-state index contributed by atoms with van der Waals surface area (Å²) in [7, 11) is 0. The monoisotopic (exact) mass is 314 g/mol. The van der Waals surface area contributed by atoms with Gasteiger partial charge in [-0.25, -0.2) is 4.79 Å². The SMILES string of the molecule is CCCNC(=O)COC(=O)/C(C#N)=C/c1ccc(C(C)C)cc1. The second-order valence-electron chi connectivity index (χ2n) is 5.42. The van der Waals surface area contributed by atoms with Crippen LogP contribution < -0.4 is 5.32 Å². The van der Waals surface area contributed by atoms with Crippen LogP contribution in [-0.2, 0) is 14.3 Å². The molecule has 0 heterocycles. The van der Waals surface area contributed by atoms with Crippen LogP contribution in [0.25, 0.3) is 6.08 Å². The van der Waals surface area contributed by atoms with Crippen molar-refractivity contribution in [2.24, 2.45) is 0 Å². The zero-order chi connectivity index (χ0) is 17.2. The van der Waals surface area contributed by atoms with Crippen LogP contribution in [-0.4, -0.2) is 25.0 Å². The standard InChI is InChI=1S/C18H22N2O3/c1-4-9-20-17(21)12-23-18(22)16(11-19)10-14-5-7-15(8-6-14)13(2)3/h5-8,10,13H,4,9,12H2,1-3H3,(H,20,21)/b16-10+. The fraction of sp³-hybridized carbons (Fsp3) is 0.389. The summed E-state index contributed by atoms with van der Waals surface area (Å²) >= 11 is 0. The van der Waals surface area contributed by atoms with Crippen LogP contribution >= 0.6 is 0 Å². The largest absolute Gasteiger partial charge is 0.451 e. The number of amides is 1. The van der Waals surface area contributed by atoms with Crippen LogP contribution in [0.5, 0.6) is 0 Å². The van der Waals surface area contributed by atoms with E-state index < -0.39 is 5.97 Å². The molecule has 0 radical (unpaired) electrons. The van der Waals surface area contributed by atoms with Gasteiger partial charge in [0.15, 0.2) is 6.61 Å². The second kappa shape index (κ2) is 9.42. The predicted octanol–water partition coefficient (Wildman–Crippen LogP) is 2.79. The molecular weight excluding hydrogens is 292 g/mol. The van der Waals surface area contributed by atoms with Crippen molar-refractivity contribution in [1.82, 2.24) is 5.32 Å². The lowest BCUT2D eigenvalue weighted by Crippen LogP contribution is -2.29. The highest BCUT2D eigenvalue weighted by molar-refractivity contribution is 5.98. The first-order valence-electron chi connectivity index (χ1n) is 7.63. The van der Waals surface area contributed by atoms with E-state index in [9.17, 15) is 9.59 Å². The molecule has 1 amide bonds. The number of hydrogen-bond donors (Lipinski definition) is 1. The molecule has 5 nitrogen and oxygen atoms in total. The Morgan fingerprint density at radius 2 is 1.96 bits per heavy atom. The Bertz CT molecular complexity index is 610. The molecule has 0 aliphatic carbocycles. The number of nitriles is 1. The average Bonchev–Trinajstić information content (AvgIpc) is 2.55. The first kappa shape index (κ1) is 18.4. The number of esters is 1. The van der Waals surface area contributed by atoms with Gasteiger partial charge in [-0.15, -0.1) is 0 Å². The van der Waals surface area contributed by atoms with Gasteiger partial charge in [-0.3, -0.25) is 4.79 Å². The van der Waals surface area contributed by atoms with Crippen LogP contribution in [0.15, 0.2) is 29.8 Å². The van der Waals surface area contributed by atoms with E-state index in [4.69, 9.17) is 10.00 Å². The Morgan fingerprint density at radius 3 is 2.48 bits per heavy atom. The third kappa shape index (κ3) is 6.35. The molecule has 5 heteroatoms. The van der Waals surface area contributed by atoms with Crippen molar-refractivity contribution in [3.8, 4) is 6.07 Å². The number of hydrogen-bond acceptors (Lipinski definition) is 4. The Labute approximate surface area is 137 Å². The topological polar surface area (TPSA) is 79.2 Å². The molecule has 122 valence electrons. The van der Waals surface area contributed by atoms with Gasteiger partial charge in [0.05, 0.1) is 0 Å². The molecule has 0 aliphatic rings. The van der Waals surface area contributed by atoms with Crippen LogP contribution in [0.2, 0.25) is 0 Å². The van der Waals surface area contributed by atoms with Crippen LogP contribution in [0, 0.1) is 11.3 Å². The maximum absolute atomic E-state index is 11.8. The molecule has 23 heavy (non-hydrogen) atoms. The summed E-state index contributed by atoms with van der Waals surface area (Å²) in [5.41, 5.74) is 1.78. The van der Waals surface area contributed by atoms with Gasteiger partial charge < -0.3 is 10.1 Å². The highest BCUT2D eigenvalue weighted by Gasteiger charge is 2.13. The van der Waals surface area contributed by atoms with Crippen molar-refractivity contribution in [2.75, 3.05) is 13.2 Å². The van der Waals surface area contributed by atoms with Gasteiger partial charge in [0.2, 0.25) is 0 Å². The van der Waals surface area contributed by atoms with Gasteiger partial charge in [-0.05, 0) is 29.5 Å². The van der Waals surface area contributed by atoms with E-state index in [2.05, 4.69) is 19.2 Å². The minimum Gasteiger partial charge on any atom is -0.451 e. The first-order valence-corrected chi connectivity index (χ1v) is 7.63. The Hall–Kier alpha value is -2.61. The molecule has 0 aromatic heterocycles. The zero-order valence-electron chi connectivity index (χ0n) is 13.8. The number of carbonyl (C=O) groups excluding carboxylic acids is 2.